The van der Waals surface area contributed by atoms with Gasteiger partial charge in [0.1, 0.15) is 11.0 Å². The Hall–Kier alpha value is -0.710. The fourth-order valence-corrected chi connectivity index (χ4v) is 2.78. The van der Waals surface area contributed by atoms with E-state index in [1.54, 1.807) is 0 Å². The Labute approximate surface area is 120 Å². The average Bonchev–Trinajstić information content (AvgIpc) is 2.51. The van der Waals surface area contributed by atoms with Crippen LogP contribution in [0.25, 0.3) is 0 Å². The molecule has 0 spiro atoms. The Morgan fingerprint density at radius 1 is 1.32 bits per heavy atom. The second kappa shape index (κ2) is 6.64. The van der Waals surface area contributed by atoms with Gasteiger partial charge in [0.15, 0.2) is 0 Å². The minimum Gasteiger partial charge on any atom is -0.304 e. The van der Waals surface area contributed by atoms with Crippen molar-refractivity contribution in [2.45, 2.75) is 32.2 Å². The van der Waals surface area contributed by atoms with Gasteiger partial charge < -0.3 is 4.90 Å². The molecule has 1 atom stereocenters. The van der Waals surface area contributed by atoms with E-state index in [1.807, 2.05) is 6.07 Å². The molecular formula is C14H23ClN4. The lowest BCUT2D eigenvalue weighted by Gasteiger charge is -2.26. The van der Waals surface area contributed by atoms with E-state index < -0.39 is 0 Å². The highest BCUT2D eigenvalue weighted by molar-refractivity contribution is 6.29. The first-order chi connectivity index (χ1) is 9.10. The molecule has 2 rings (SSSR count). The van der Waals surface area contributed by atoms with Crippen LogP contribution in [0.5, 0.6) is 0 Å². The molecule has 19 heavy (non-hydrogen) atoms. The number of aromatic nitrogens is 2. The summed E-state index contributed by atoms with van der Waals surface area (Å²) in [6.07, 6.45) is 3.22. The van der Waals surface area contributed by atoms with Crippen LogP contribution in [0, 0.1) is 0 Å². The van der Waals surface area contributed by atoms with Gasteiger partial charge in [0.05, 0.1) is 6.04 Å². The van der Waals surface area contributed by atoms with Gasteiger partial charge in [-0.05, 0) is 46.1 Å². The van der Waals surface area contributed by atoms with Crippen LogP contribution >= 0.6 is 11.6 Å². The monoisotopic (exact) mass is 282 g/mol. The smallest absolute Gasteiger partial charge is 0.148 e. The zero-order valence-corrected chi connectivity index (χ0v) is 12.8. The highest BCUT2D eigenvalue weighted by Crippen LogP contribution is 2.22. The number of nitrogens with zero attached hydrogens (tertiary/aromatic N) is 4. The molecule has 1 unspecified atom stereocenters. The van der Waals surface area contributed by atoms with Crippen LogP contribution in [-0.4, -0.2) is 53.5 Å². The Kier molecular flexibility index (Phi) is 5.13. The molecule has 0 radical (unpaired) electrons. The molecule has 0 N–H and O–H groups in total. The molecule has 0 amide bonds. The van der Waals surface area contributed by atoms with Crippen LogP contribution in [0.4, 0.5) is 0 Å². The fraction of sp³-hybridized carbons (Fsp3) is 0.714. The molecule has 0 aliphatic carbocycles. The first-order valence-electron chi connectivity index (χ1n) is 7.02. The number of hydrogen-bond donors (Lipinski definition) is 0. The lowest BCUT2D eigenvalue weighted by atomic mass is 10.2. The molecule has 1 aromatic heterocycles. The summed E-state index contributed by atoms with van der Waals surface area (Å²) >= 11 is 6.15. The molecule has 0 bridgehead atoms. The van der Waals surface area contributed by atoms with Crippen molar-refractivity contribution >= 4 is 11.6 Å². The predicted octanol–water partition coefficient (Wildman–Crippen LogP) is 2.39. The summed E-state index contributed by atoms with van der Waals surface area (Å²) in [7, 11) is 4.30. The lowest BCUT2D eigenvalue weighted by Crippen LogP contribution is -2.32. The highest BCUT2D eigenvalue weighted by Gasteiger charge is 2.25. The predicted molar refractivity (Wildman–Crippen MR) is 78.5 cm³/mol. The Balaban J connectivity index is 2.27. The summed E-state index contributed by atoms with van der Waals surface area (Å²) in [5.41, 5.74) is 1.05. The first-order valence-corrected chi connectivity index (χ1v) is 7.40. The molecule has 1 saturated heterocycles. The third-order valence-electron chi connectivity index (χ3n) is 3.64. The van der Waals surface area contributed by atoms with Gasteiger partial charge in [-0.1, -0.05) is 24.9 Å². The van der Waals surface area contributed by atoms with Gasteiger partial charge in [-0.15, -0.1) is 0 Å². The van der Waals surface area contributed by atoms with E-state index in [4.69, 9.17) is 16.6 Å². The third kappa shape index (κ3) is 3.88. The Morgan fingerprint density at radius 3 is 2.84 bits per heavy atom. The standard InChI is InChI=1S/C14H23ClN4/c1-4-6-11-9-13(15)17-14(16-11)12-10-18(2)7-5-8-19(12)3/h9,12H,4-8,10H2,1-3H3. The summed E-state index contributed by atoms with van der Waals surface area (Å²) in [5.74, 6) is 0.868. The van der Waals surface area contributed by atoms with E-state index in [0.29, 0.717) is 5.15 Å². The van der Waals surface area contributed by atoms with E-state index in [0.717, 1.165) is 44.0 Å². The Bertz CT molecular complexity index is 424. The normalized spacial score (nSPS) is 22.4. The van der Waals surface area contributed by atoms with Crippen molar-refractivity contribution in [2.24, 2.45) is 0 Å². The van der Waals surface area contributed by atoms with Crippen molar-refractivity contribution in [2.75, 3.05) is 33.7 Å². The molecule has 2 heterocycles. The zero-order valence-electron chi connectivity index (χ0n) is 12.1. The second-order valence-electron chi connectivity index (χ2n) is 5.40. The van der Waals surface area contributed by atoms with Crippen molar-refractivity contribution in [1.82, 2.24) is 19.8 Å². The number of aryl methyl sites for hydroxylation is 1. The van der Waals surface area contributed by atoms with E-state index in [2.05, 4.69) is 35.8 Å². The van der Waals surface area contributed by atoms with Gasteiger partial charge in [-0.25, -0.2) is 9.97 Å². The van der Waals surface area contributed by atoms with Gasteiger partial charge in [-0.3, -0.25) is 4.90 Å². The SMILES string of the molecule is CCCc1cc(Cl)nc(C2CN(C)CCCN2C)n1. The third-order valence-corrected chi connectivity index (χ3v) is 3.83. The van der Waals surface area contributed by atoms with E-state index in [1.165, 1.54) is 6.42 Å². The summed E-state index contributed by atoms with van der Waals surface area (Å²) in [6, 6.07) is 2.12. The topological polar surface area (TPSA) is 32.3 Å². The van der Waals surface area contributed by atoms with Crippen molar-refractivity contribution < 1.29 is 0 Å². The maximum absolute atomic E-state index is 6.15. The minimum absolute atomic E-state index is 0.238. The van der Waals surface area contributed by atoms with E-state index in [9.17, 15) is 0 Å². The maximum atomic E-state index is 6.15. The molecule has 5 heteroatoms. The molecule has 0 aromatic carbocycles. The van der Waals surface area contributed by atoms with Gasteiger partial charge in [0.2, 0.25) is 0 Å². The van der Waals surface area contributed by atoms with Crippen LogP contribution in [0.1, 0.15) is 37.3 Å². The van der Waals surface area contributed by atoms with Gasteiger partial charge >= 0.3 is 0 Å². The second-order valence-corrected chi connectivity index (χ2v) is 5.79. The number of rotatable bonds is 3. The number of halogens is 1. The van der Waals surface area contributed by atoms with Crippen LogP contribution < -0.4 is 0 Å². The number of likely N-dealkylation sites (N-methyl/N-ethyl adjacent to an activating group) is 2. The molecule has 1 aliphatic heterocycles. The van der Waals surface area contributed by atoms with Crippen molar-refractivity contribution in [3.05, 3.63) is 22.7 Å². The van der Waals surface area contributed by atoms with Gasteiger partial charge in [0, 0.05) is 12.2 Å². The summed E-state index contributed by atoms with van der Waals surface area (Å²) < 4.78 is 0. The Morgan fingerprint density at radius 2 is 2.11 bits per heavy atom. The van der Waals surface area contributed by atoms with Gasteiger partial charge in [-0.2, -0.15) is 0 Å². The molecule has 1 fully saturated rings. The molecular weight excluding hydrogens is 260 g/mol. The average molecular weight is 283 g/mol. The molecule has 0 saturated carbocycles. The van der Waals surface area contributed by atoms with Crippen LogP contribution in [0.15, 0.2) is 6.07 Å². The minimum atomic E-state index is 0.238. The first kappa shape index (κ1) is 14.7. The fourth-order valence-electron chi connectivity index (χ4n) is 2.57. The summed E-state index contributed by atoms with van der Waals surface area (Å²) in [6.45, 7) is 5.32. The van der Waals surface area contributed by atoms with Crippen molar-refractivity contribution in [3.8, 4) is 0 Å². The lowest BCUT2D eigenvalue weighted by molar-refractivity contribution is 0.219. The maximum Gasteiger partial charge on any atom is 0.148 e. The molecule has 1 aliphatic rings. The highest BCUT2D eigenvalue weighted by atomic mass is 35.5. The van der Waals surface area contributed by atoms with Crippen LogP contribution in [-0.2, 0) is 6.42 Å². The van der Waals surface area contributed by atoms with E-state index >= 15 is 0 Å². The van der Waals surface area contributed by atoms with Crippen molar-refractivity contribution in [3.63, 3.8) is 0 Å². The largest absolute Gasteiger partial charge is 0.304 e. The van der Waals surface area contributed by atoms with Crippen molar-refractivity contribution in [1.29, 1.82) is 0 Å². The number of hydrogen-bond acceptors (Lipinski definition) is 4. The van der Waals surface area contributed by atoms with E-state index in [-0.39, 0.29) is 6.04 Å². The summed E-state index contributed by atoms with van der Waals surface area (Å²) in [5, 5.41) is 0.564. The molecule has 106 valence electrons. The van der Waals surface area contributed by atoms with Crippen LogP contribution in [0.3, 0.4) is 0 Å². The van der Waals surface area contributed by atoms with Crippen LogP contribution in [0.2, 0.25) is 5.15 Å². The quantitative estimate of drug-likeness (QED) is 0.797. The summed E-state index contributed by atoms with van der Waals surface area (Å²) in [4.78, 5) is 13.8. The molecule has 4 nitrogen and oxygen atoms in total. The zero-order chi connectivity index (χ0) is 13.8. The molecule has 1 aromatic rings. The van der Waals surface area contributed by atoms with Gasteiger partial charge in [0.25, 0.3) is 0 Å².